The summed E-state index contributed by atoms with van der Waals surface area (Å²) in [6.45, 7) is 2.00. The van der Waals surface area contributed by atoms with Gasteiger partial charge >= 0.3 is 0 Å². The minimum absolute atomic E-state index is 0.405. The molecule has 0 aliphatic carbocycles. The van der Waals surface area contributed by atoms with Gasteiger partial charge in [-0.3, -0.25) is 9.78 Å². The summed E-state index contributed by atoms with van der Waals surface area (Å²) in [5.41, 5.74) is 8.99. The van der Waals surface area contributed by atoms with Gasteiger partial charge in [-0.15, -0.1) is 0 Å². The maximum absolute atomic E-state index is 10.9. The van der Waals surface area contributed by atoms with Crippen molar-refractivity contribution in [2.45, 2.75) is 6.92 Å². The predicted molar refractivity (Wildman–Crippen MR) is 62.9 cm³/mol. The van der Waals surface area contributed by atoms with Gasteiger partial charge in [0.1, 0.15) is 0 Å². The van der Waals surface area contributed by atoms with Crippen molar-refractivity contribution in [1.82, 2.24) is 4.98 Å². The fraction of sp³-hybridized carbons (Fsp3) is 0.0769. The summed E-state index contributed by atoms with van der Waals surface area (Å²) in [5.74, 6) is -0.405. The van der Waals surface area contributed by atoms with E-state index in [2.05, 4.69) is 4.98 Å². The van der Waals surface area contributed by atoms with Gasteiger partial charge < -0.3 is 5.73 Å². The van der Waals surface area contributed by atoms with E-state index in [0.29, 0.717) is 5.56 Å². The highest BCUT2D eigenvalue weighted by atomic mass is 16.1. The maximum atomic E-state index is 10.9. The van der Waals surface area contributed by atoms with Gasteiger partial charge in [0, 0.05) is 18.0 Å². The Morgan fingerprint density at radius 2 is 1.88 bits per heavy atom. The highest BCUT2D eigenvalue weighted by Gasteiger charge is 2.03. The molecule has 3 nitrogen and oxygen atoms in total. The van der Waals surface area contributed by atoms with Gasteiger partial charge in [0.25, 0.3) is 0 Å². The van der Waals surface area contributed by atoms with Crippen molar-refractivity contribution in [1.29, 1.82) is 0 Å². The van der Waals surface area contributed by atoms with Gasteiger partial charge in [-0.1, -0.05) is 12.1 Å². The topological polar surface area (TPSA) is 56.0 Å². The lowest BCUT2D eigenvalue weighted by molar-refractivity contribution is 0.100. The van der Waals surface area contributed by atoms with Crippen LogP contribution in [0.15, 0.2) is 42.7 Å². The number of carbonyl (C=O) groups is 1. The molecule has 0 saturated carbocycles. The second-order valence-corrected chi connectivity index (χ2v) is 3.63. The summed E-state index contributed by atoms with van der Waals surface area (Å²) < 4.78 is 0. The summed E-state index contributed by atoms with van der Waals surface area (Å²) >= 11 is 0. The molecular weight excluding hydrogens is 200 g/mol. The molecule has 0 aliphatic heterocycles. The van der Waals surface area contributed by atoms with Crippen molar-refractivity contribution >= 4 is 5.91 Å². The summed E-state index contributed by atoms with van der Waals surface area (Å²) in [6.07, 6.45) is 3.57. The van der Waals surface area contributed by atoms with E-state index in [1.165, 1.54) is 0 Å². The second kappa shape index (κ2) is 4.14. The predicted octanol–water partition coefficient (Wildman–Crippen LogP) is 2.16. The molecule has 0 unspecified atom stereocenters. The smallest absolute Gasteiger partial charge is 0.248 e. The molecule has 1 heterocycles. The van der Waals surface area contributed by atoms with Gasteiger partial charge in [-0.05, 0) is 41.8 Å². The number of nitrogens with zero attached hydrogens (tertiary/aromatic N) is 1. The number of hydrogen-bond donors (Lipinski definition) is 1. The maximum Gasteiger partial charge on any atom is 0.248 e. The van der Waals surface area contributed by atoms with E-state index in [1.54, 1.807) is 18.3 Å². The second-order valence-electron chi connectivity index (χ2n) is 3.63. The van der Waals surface area contributed by atoms with E-state index in [9.17, 15) is 4.79 Å². The van der Waals surface area contributed by atoms with E-state index in [1.807, 2.05) is 31.3 Å². The third-order valence-electron chi connectivity index (χ3n) is 2.50. The number of nitrogens with two attached hydrogens (primary N) is 1. The van der Waals surface area contributed by atoms with Gasteiger partial charge in [-0.2, -0.15) is 0 Å². The van der Waals surface area contributed by atoms with Crippen molar-refractivity contribution in [3.63, 3.8) is 0 Å². The Hall–Kier alpha value is -2.16. The van der Waals surface area contributed by atoms with Crippen LogP contribution in [0.3, 0.4) is 0 Å². The number of amides is 1. The van der Waals surface area contributed by atoms with Crippen LogP contribution in [0, 0.1) is 6.92 Å². The molecule has 1 aromatic carbocycles. The van der Waals surface area contributed by atoms with Crippen LogP contribution in [0.5, 0.6) is 0 Å². The number of aromatic nitrogens is 1. The largest absolute Gasteiger partial charge is 0.366 e. The third-order valence-corrected chi connectivity index (χ3v) is 2.50. The number of hydrogen-bond acceptors (Lipinski definition) is 2. The third kappa shape index (κ3) is 1.93. The molecule has 0 fully saturated rings. The number of benzene rings is 1. The van der Waals surface area contributed by atoms with E-state index in [-0.39, 0.29) is 0 Å². The molecular formula is C13H12N2O. The van der Waals surface area contributed by atoms with Gasteiger partial charge in [0.05, 0.1) is 0 Å². The molecule has 80 valence electrons. The van der Waals surface area contributed by atoms with E-state index < -0.39 is 5.91 Å². The Labute approximate surface area is 93.9 Å². The Balaban J connectivity index is 2.43. The lowest BCUT2D eigenvalue weighted by Gasteiger charge is -2.05. The first kappa shape index (κ1) is 10.4. The van der Waals surface area contributed by atoms with Crippen LogP contribution in [0.25, 0.3) is 11.1 Å². The number of aryl methyl sites for hydroxylation is 1. The van der Waals surface area contributed by atoms with Crippen molar-refractivity contribution in [3.8, 4) is 11.1 Å². The average molecular weight is 212 g/mol. The van der Waals surface area contributed by atoms with Crippen LogP contribution in [0.4, 0.5) is 0 Å². The van der Waals surface area contributed by atoms with Crippen molar-refractivity contribution in [3.05, 3.63) is 53.9 Å². The molecule has 2 aromatic rings. The molecule has 1 amide bonds. The molecule has 0 spiro atoms. The first-order valence-corrected chi connectivity index (χ1v) is 4.99. The zero-order valence-electron chi connectivity index (χ0n) is 8.97. The van der Waals surface area contributed by atoms with Crippen molar-refractivity contribution in [2.24, 2.45) is 5.73 Å². The minimum atomic E-state index is -0.405. The first-order valence-electron chi connectivity index (χ1n) is 4.99. The molecule has 2 rings (SSSR count). The molecule has 1 aromatic heterocycles. The standard InChI is InChI=1S/C13H12N2O/c1-9-8-15-7-6-12(9)10-2-4-11(5-3-10)13(14)16/h2-8H,1H3,(H2,14,16). The number of primary amides is 1. The molecule has 16 heavy (non-hydrogen) atoms. The summed E-state index contributed by atoms with van der Waals surface area (Å²) in [5, 5.41) is 0. The van der Waals surface area contributed by atoms with Crippen LogP contribution in [0.2, 0.25) is 0 Å². The lowest BCUT2D eigenvalue weighted by atomic mass is 10.0. The van der Waals surface area contributed by atoms with Crippen LogP contribution in [-0.2, 0) is 0 Å². The van der Waals surface area contributed by atoms with Crippen molar-refractivity contribution in [2.75, 3.05) is 0 Å². The first-order chi connectivity index (χ1) is 7.68. The molecule has 0 saturated heterocycles. The van der Waals surface area contributed by atoms with Crippen LogP contribution < -0.4 is 5.73 Å². The number of pyridine rings is 1. The molecule has 0 bridgehead atoms. The van der Waals surface area contributed by atoms with E-state index in [4.69, 9.17) is 5.73 Å². The van der Waals surface area contributed by atoms with Crippen molar-refractivity contribution < 1.29 is 4.79 Å². The quantitative estimate of drug-likeness (QED) is 0.829. The van der Waals surface area contributed by atoms with Crippen LogP contribution in [-0.4, -0.2) is 10.9 Å². The van der Waals surface area contributed by atoms with E-state index in [0.717, 1.165) is 16.7 Å². The molecule has 3 heteroatoms. The Kier molecular flexibility index (Phi) is 2.68. The zero-order valence-corrected chi connectivity index (χ0v) is 8.97. The van der Waals surface area contributed by atoms with Gasteiger partial charge in [0.2, 0.25) is 5.91 Å². The van der Waals surface area contributed by atoms with Gasteiger partial charge in [-0.25, -0.2) is 0 Å². The molecule has 0 atom stereocenters. The van der Waals surface area contributed by atoms with Crippen LogP contribution >= 0.6 is 0 Å². The highest BCUT2D eigenvalue weighted by molar-refractivity contribution is 5.93. The lowest BCUT2D eigenvalue weighted by Crippen LogP contribution is -2.10. The number of carbonyl (C=O) groups excluding carboxylic acids is 1. The SMILES string of the molecule is Cc1cnccc1-c1ccc(C(N)=O)cc1. The molecule has 0 radical (unpaired) electrons. The Morgan fingerprint density at radius 3 is 2.44 bits per heavy atom. The zero-order chi connectivity index (χ0) is 11.5. The van der Waals surface area contributed by atoms with Crippen LogP contribution in [0.1, 0.15) is 15.9 Å². The Morgan fingerprint density at radius 1 is 1.19 bits per heavy atom. The highest BCUT2D eigenvalue weighted by Crippen LogP contribution is 2.22. The fourth-order valence-electron chi connectivity index (χ4n) is 1.61. The normalized spacial score (nSPS) is 10.1. The Bertz CT molecular complexity index is 518. The summed E-state index contributed by atoms with van der Waals surface area (Å²) in [4.78, 5) is 15.0. The molecule has 0 aliphatic rings. The molecule has 2 N–H and O–H groups in total. The monoisotopic (exact) mass is 212 g/mol. The van der Waals surface area contributed by atoms with Gasteiger partial charge in [0.15, 0.2) is 0 Å². The fourth-order valence-corrected chi connectivity index (χ4v) is 1.61. The average Bonchev–Trinajstić information content (AvgIpc) is 2.30. The minimum Gasteiger partial charge on any atom is -0.366 e. The summed E-state index contributed by atoms with van der Waals surface area (Å²) in [6, 6.07) is 9.20. The van der Waals surface area contributed by atoms with E-state index >= 15 is 0 Å². The number of rotatable bonds is 2. The summed E-state index contributed by atoms with van der Waals surface area (Å²) in [7, 11) is 0.